The van der Waals surface area contributed by atoms with E-state index in [1.165, 1.54) is 19.1 Å². The van der Waals surface area contributed by atoms with Gasteiger partial charge in [-0.05, 0) is 51.2 Å². The summed E-state index contributed by atoms with van der Waals surface area (Å²) in [5, 5.41) is 11.4. The minimum absolute atomic E-state index is 0.0337. The molecule has 0 radical (unpaired) electrons. The average Bonchev–Trinajstić information content (AvgIpc) is 3.23. The molecule has 1 aliphatic heterocycles. The zero-order chi connectivity index (χ0) is 24.4. The summed E-state index contributed by atoms with van der Waals surface area (Å²) >= 11 is 0. The Morgan fingerprint density at radius 1 is 1.21 bits per heavy atom. The summed E-state index contributed by atoms with van der Waals surface area (Å²) in [6, 6.07) is 6.24. The van der Waals surface area contributed by atoms with E-state index in [9.17, 15) is 19.5 Å². The van der Waals surface area contributed by atoms with Crippen LogP contribution >= 0.6 is 0 Å². The highest BCUT2D eigenvalue weighted by Crippen LogP contribution is 2.41. The number of aryl methyl sites for hydroxylation is 1. The van der Waals surface area contributed by atoms with Crippen molar-refractivity contribution in [3.8, 4) is 5.75 Å². The third-order valence-corrected chi connectivity index (χ3v) is 5.80. The number of nitrogens with zero attached hydrogens (tertiary/aromatic N) is 2. The second-order valence-corrected chi connectivity index (χ2v) is 8.19. The number of aliphatic hydroxyl groups excluding tert-OH is 1. The van der Waals surface area contributed by atoms with Gasteiger partial charge in [0, 0.05) is 24.3 Å². The molecule has 1 atom stereocenters. The number of likely N-dealkylation sites (tertiary alicyclic amines) is 1. The number of carbonyl (C=O) groups excluding carboxylic acids is 3. The Balaban J connectivity index is 2.23. The third kappa shape index (κ3) is 4.36. The van der Waals surface area contributed by atoms with Crippen molar-refractivity contribution < 1.29 is 29.0 Å². The van der Waals surface area contributed by atoms with Gasteiger partial charge >= 0.3 is 5.97 Å². The van der Waals surface area contributed by atoms with Crippen LogP contribution in [-0.4, -0.2) is 79.0 Å². The van der Waals surface area contributed by atoms with E-state index < -0.39 is 23.7 Å². The number of ketones is 1. The molecule has 2 aromatic rings. The number of aromatic nitrogens is 1. The minimum Gasteiger partial charge on any atom is -0.507 e. The van der Waals surface area contributed by atoms with Gasteiger partial charge in [-0.15, -0.1) is 0 Å². The Hall–Kier alpha value is -3.59. The van der Waals surface area contributed by atoms with Crippen LogP contribution in [0.2, 0.25) is 0 Å². The lowest BCUT2D eigenvalue weighted by Crippen LogP contribution is -2.35. The maximum atomic E-state index is 13.2. The number of methoxy groups -OCH3 is 2. The molecule has 2 heterocycles. The van der Waals surface area contributed by atoms with Crippen molar-refractivity contribution in [1.29, 1.82) is 0 Å². The highest BCUT2D eigenvalue weighted by atomic mass is 16.5. The van der Waals surface area contributed by atoms with Crippen molar-refractivity contribution in [3.05, 3.63) is 57.9 Å². The van der Waals surface area contributed by atoms with Crippen molar-refractivity contribution in [2.24, 2.45) is 0 Å². The maximum Gasteiger partial charge on any atom is 0.354 e. The molecule has 33 heavy (non-hydrogen) atoms. The van der Waals surface area contributed by atoms with Crippen LogP contribution in [0.3, 0.4) is 0 Å². The molecular formula is C24H29N3O6. The number of rotatable bonds is 7. The molecule has 0 saturated carbocycles. The van der Waals surface area contributed by atoms with E-state index in [-0.39, 0.29) is 23.6 Å². The number of benzene rings is 1. The molecule has 1 fully saturated rings. The van der Waals surface area contributed by atoms with Crippen molar-refractivity contribution >= 4 is 23.4 Å². The first-order chi connectivity index (χ1) is 15.6. The molecule has 0 aliphatic carbocycles. The first-order valence-electron chi connectivity index (χ1n) is 10.5. The minimum atomic E-state index is -0.810. The molecule has 1 aromatic carbocycles. The molecule has 3 rings (SSSR count). The van der Waals surface area contributed by atoms with E-state index in [4.69, 9.17) is 9.47 Å². The van der Waals surface area contributed by atoms with Gasteiger partial charge in [-0.2, -0.15) is 0 Å². The van der Waals surface area contributed by atoms with Crippen molar-refractivity contribution in [2.45, 2.75) is 19.9 Å². The molecular weight excluding hydrogens is 426 g/mol. The van der Waals surface area contributed by atoms with Gasteiger partial charge in [-0.25, -0.2) is 4.79 Å². The fraction of sp³-hybridized carbons (Fsp3) is 0.375. The Bertz CT molecular complexity index is 1130. The predicted molar refractivity (Wildman–Crippen MR) is 122 cm³/mol. The van der Waals surface area contributed by atoms with E-state index >= 15 is 0 Å². The van der Waals surface area contributed by atoms with E-state index in [2.05, 4.69) is 4.98 Å². The molecule has 2 N–H and O–H groups in total. The summed E-state index contributed by atoms with van der Waals surface area (Å²) in [4.78, 5) is 44.6. The Labute approximate surface area is 192 Å². The zero-order valence-electron chi connectivity index (χ0n) is 19.7. The predicted octanol–water partition coefficient (Wildman–Crippen LogP) is 2.41. The number of aromatic amines is 1. The summed E-state index contributed by atoms with van der Waals surface area (Å²) in [5.41, 5.74) is 1.99. The Morgan fingerprint density at radius 3 is 2.52 bits per heavy atom. The number of nitrogens with one attached hydrogen (secondary N) is 1. The highest BCUT2D eigenvalue weighted by Gasteiger charge is 2.46. The largest absolute Gasteiger partial charge is 0.507 e. The molecule has 176 valence electrons. The molecule has 0 bridgehead atoms. The Morgan fingerprint density at radius 2 is 1.91 bits per heavy atom. The number of Topliss-reactive ketones (excluding diaryl/α,β-unsaturated/α-hetero) is 1. The lowest BCUT2D eigenvalue weighted by atomic mass is 9.94. The highest BCUT2D eigenvalue weighted by molar-refractivity contribution is 6.46. The fourth-order valence-corrected chi connectivity index (χ4v) is 4.12. The van der Waals surface area contributed by atoms with E-state index in [0.29, 0.717) is 34.7 Å². The summed E-state index contributed by atoms with van der Waals surface area (Å²) in [6.07, 6.45) is 0. The first-order valence-corrected chi connectivity index (χ1v) is 10.5. The number of likely N-dealkylation sites (N-methyl/N-ethyl adjacent to an activating group) is 1. The fourth-order valence-electron chi connectivity index (χ4n) is 4.12. The number of hydrogen-bond donors (Lipinski definition) is 2. The standard InChI is InChI=1S/C24H29N3O6/c1-13-17(14(2)25-19(13)24(31)33-6)21(28)18-20(15-8-7-9-16(12-15)32-5)27(11-10-26(3)4)23(30)22(18)29/h7-9,12,20,25,28H,10-11H2,1-6H3/t20-/m0/s1. The van der Waals surface area contributed by atoms with Crippen LogP contribution in [-0.2, 0) is 14.3 Å². The number of H-pyrrole nitrogens is 1. The number of carbonyl (C=O) groups is 3. The van der Waals surface area contributed by atoms with Gasteiger partial charge in [-0.3, -0.25) is 9.59 Å². The Kier molecular flexibility index (Phi) is 6.92. The molecule has 1 saturated heterocycles. The number of amides is 1. The summed E-state index contributed by atoms with van der Waals surface area (Å²) in [7, 11) is 6.54. The van der Waals surface area contributed by atoms with Gasteiger partial charge in [0.1, 0.15) is 17.2 Å². The van der Waals surface area contributed by atoms with Crippen LogP contribution in [0, 0.1) is 13.8 Å². The molecule has 1 amide bonds. The molecule has 9 nitrogen and oxygen atoms in total. The second kappa shape index (κ2) is 9.50. The summed E-state index contributed by atoms with van der Waals surface area (Å²) in [6.45, 7) is 4.14. The van der Waals surface area contributed by atoms with Gasteiger partial charge in [0.25, 0.3) is 11.7 Å². The van der Waals surface area contributed by atoms with Crippen LogP contribution in [0.1, 0.15) is 38.9 Å². The molecule has 0 unspecified atom stereocenters. The SMILES string of the molecule is COC(=O)c1[nH]c(C)c(C(O)=C2C(=O)C(=O)N(CCN(C)C)[C@H]2c2cccc(OC)c2)c1C. The van der Waals surface area contributed by atoms with Crippen molar-refractivity contribution in [1.82, 2.24) is 14.8 Å². The van der Waals surface area contributed by atoms with Crippen LogP contribution in [0.5, 0.6) is 5.75 Å². The second-order valence-electron chi connectivity index (χ2n) is 8.19. The maximum absolute atomic E-state index is 13.2. The first kappa shape index (κ1) is 24.1. The van der Waals surface area contributed by atoms with E-state index in [1.54, 1.807) is 38.1 Å². The van der Waals surface area contributed by atoms with Crippen molar-refractivity contribution in [3.63, 3.8) is 0 Å². The summed E-state index contributed by atoms with van der Waals surface area (Å²) < 4.78 is 10.1. The van der Waals surface area contributed by atoms with Gasteiger partial charge in [0.05, 0.1) is 25.8 Å². The van der Waals surface area contributed by atoms with Gasteiger partial charge < -0.3 is 29.4 Å². The molecule has 0 spiro atoms. The molecule has 9 heteroatoms. The number of ether oxygens (including phenoxy) is 2. The number of aliphatic hydroxyl groups is 1. The summed E-state index contributed by atoms with van der Waals surface area (Å²) in [5.74, 6) is -1.84. The lowest BCUT2D eigenvalue weighted by molar-refractivity contribution is -0.140. The van der Waals surface area contributed by atoms with Gasteiger partial charge in [0.15, 0.2) is 0 Å². The smallest absolute Gasteiger partial charge is 0.354 e. The lowest BCUT2D eigenvalue weighted by Gasteiger charge is -2.26. The topological polar surface area (TPSA) is 112 Å². The molecule has 1 aromatic heterocycles. The zero-order valence-corrected chi connectivity index (χ0v) is 19.7. The normalized spacial score (nSPS) is 17.7. The van der Waals surface area contributed by atoms with E-state index in [0.717, 1.165) is 0 Å². The van der Waals surface area contributed by atoms with E-state index in [1.807, 2.05) is 19.0 Å². The van der Waals surface area contributed by atoms with Crippen LogP contribution < -0.4 is 4.74 Å². The van der Waals surface area contributed by atoms with Crippen LogP contribution in [0.15, 0.2) is 29.8 Å². The molecule has 1 aliphatic rings. The van der Waals surface area contributed by atoms with Crippen molar-refractivity contribution in [2.75, 3.05) is 41.4 Å². The van der Waals surface area contributed by atoms with Gasteiger partial charge in [-0.1, -0.05) is 12.1 Å². The number of hydrogen-bond acceptors (Lipinski definition) is 7. The van der Waals surface area contributed by atoms with Gasteiger partial charge in [0.2, 0.25) is 0 Å². The monoisotopic (exact) mass is 455 g/mol. The number of esters is 1. The average molecular weight is 456 g/mol. The van der Waals surface area contributed by atoms with Crippen LogP contribution in [0.4, 0.5) is 0 Å². The quantitative estimate of drug-likeness (QED) is 0.285. The third-order valence-electron chi connectivity index (χ3n) is 5.80. The van der Waals surface area contributed by atoms with Crippen LogP contribution in [0.25, 0.3) is 5.76 Å².